The molecule has 0 aliphatic carbocycles. The van der Waals surface area contributed by atoms with Crippen LogP contribution in [0.15, 0.2) is 24.3 Å². The zero-order valence-electron chi connectivity index (χ0n) is 12.5. The van der Waals surface area contributed by atoms with Gasteiger partial charge in [0.25, 0.3) is 0 Å². The largest absolute Gasteiger partial charge is 0.354 e. The minimum Gasteiger partial charge on any atom is -0.354 e. The molecule has 1 unspecified atom stereocenters. The van der Waals surface area contributed by atoms with Crippen LogP contribution >= 0.6 is 11.3 Å². The Morgan fingerprint density at radius 2 is 1.90 bits per heavy atom. The number of rotatable bonds is 7. The summed E-state index contributed by atoms with van der Waals surface area (Å²) in [5, 5.41) is 13.7. The van der Waals surface area contributed by atoms with Crippen molar-refractivity contribution in [2.45, 2.75) is 52.5 Å². The Labute approximate surface area is 125 Å². The van der Waals surface area contributed by atoms with Gasteiger partial charge in [-0.3, -0.25) is 0 Å². The number of aromatic nitrogens is 2. The summed E-state index contributed by atoms with van der Waals surface area (Å²) < 4.78 is 0. The molecule has 0 aliphatic heterocycles. The van der Waals surface area contributed by atoms with Gasteiger partial charge in [0, 0.05) is 0 Å². The van der Waals surface area contributed by atoms with Crippen LogP contribution in [0, 0.1) is 0 Å². The van der Waals surface area contributed by atoms with E-state index in [1.807, 2.05) is 0 Å². The van der Waals surface area contributed by atoms with Crippen molar-refractivity contribution in [1.29, 1.82) is 0 Å². The van der Waals surface area contributed by atoms with Gasteiger partial charge in [0.1, 0.15) is 5.01 Å². The highest BCUT2D eigenvalue weighted by Gasteiger charge is 2.08. The smallest absolute Gasteiger partial charge is 0.206 e. The molecule has 1 aromatic carbocycles. The minimum absolute atomic E-state index is 0.257. The predicted octanol–water partition coefficient (Wildman–Crippen LogP) is 4.62. The summed E-state index contributed by atoms with van der Waals surface area (Å²) in [7, 11) is 0. The molecule has 4 heteroatoms. The van der Waals surface area contributed by atoms with Gasteiger partial charge in [0.2, 0.25) is 5.13 Å². The molecular weight excluding hydrogens is 266 g/mol. The number of anilines is 1. The van der Waals surface area contributed by atoms with Gasteiger partial charge in [-0.15, -0.1) is 10.2 Å². The molecule has 1 heterocycles. The first-order chi connectivity index (χ1) is 9.72. The third-order valence-corrected chi connectivity index (χ3v) is 4.41. The fraction of sp³-hybridized carbons (Fsp3) is 0.500. The van der Waals surface area contributed by atoms with Gasteiger partial charge in [0.15, 0.2) is 0 Å². The van der Waals surface area contributed by atoms with Gasteiger partial charge in [-0.2, -0.15) is 0 Å². The van der Waals surface area contributed by atoms with Gasteiger partial charge in [-0.25, -0.2) is 0 Å². The highest BCUT2D eigenvalue weighted by Crippen LogP contribution is 2.23. The summed E-state index contributed by atoms with van der Waals surface area (Å²) >= 11 is 1.64. The lowest BCUT2D eigenvalue weighted by molar-refractivity contribution is 0.793. The Morgan fingerprint density at radius 1 is 1.15 bits per heavy atom. The summed E-state index contributed by atoms with van der Waals surface area (Å²) in [4.78, 5) is 0. The maximum Gasteiger partial charge on any atom is 0.206 e. The molecule has 1 atom stereocenters. The molecule has 0 amide bonds. The van der Waals surface area contributed by atoms with Crippen LogP contribution < -0.4 is 5.32 Å². The molecule has 0 bridgehead atoms. The van der Waals surface area contributed by atoms with Crippen LogP contribution in [-0.4, -0.2) is 10.2 Å². The molecule has 1 aromatic heterocycles. The topological polar surface area (TPSA) is 37.8 Å². The van der Waals surface area contributed by atoms with Crippen LogP contribution in [0.4, 0.5) is 5.13 Å². The van der Waals surface area contributed by atoms with Crippen molar-refractivity contribution in [3.63, 3.8) is 0 Å². The van der Waals surface area contributed by atoms with Gasteiger partial charge in [0.05, 0.1) is 6.04 Å². The van der Waals surface area contributed by atoms with Crippen molar-refractivity contribution < 1.29 is 0 Å². The maximum absolute atomic E-state index is 4.17. The van der Waals surface area contributed by atoms with Crippen LogP contribution in [0.2, 0.25) is 0 Å². The van der Waals surface area contributed by atoms with Crippen LogP contribution in [0.25, 0.3) is 0 Å². The standard InChI is InChI=1S/C16H23N3S/c1-4-6-7-13-8-10-14(11-9-13)12(3)17-16-19-18-15(5-2)20-16/h8-12H,4-7H2,1-3H3,(H,17,19). The van der Waals surface area contributed by atoms with Crippen LogP contribution in [0.1, 0.15) is 55.8 Å². The number of benzene rings is 1. The highest BCUT2D eigenvalue weighted by atomic mass is 32.1. The second-order valence-corrected chi connectivity index (χ2v) is 6.13. The third-order valence-electron chi connectivity index (χ3n) is 3.41. The van der Waals surface area contributed by atoms with Gasteiger partial charge >= 0.3 is 0 Å². The van der Waals surface area contributed by atoms with Crippen LogP contribution in [0.3, 0.4) is 0 Å². The summed E-state index contributed by atoms with van der Waals surface area (Å²) in [6, 6.07) is 9.16. The molecule has 0 spiro atoms. The Bertz CT molecular complexity index is 519. The van der Waals surface area contributed by atoms with E-state index in [1.165, 1.54) is 30.4 Å². The molecule has 0 fully saturated rings. The second kappa shape index (κ2) is 7.39. The zero-order chi connectivity index (χ0) is 14.4. The fourth-order valence-electron chi connectivity index (χ4n) is 2.08. The molecule has 0 aliphatic rings. The third kappa shape index (κ3) is 4.04. The lowest BCUT2D eigenvalue weighted by atomic mass is 10.0. The predicted molar refractivity (Wildman–Crippen MR) is 86.4 cm³/mol. The molecular formula is C16H23N3S. The Hall–Kier alpha value is -1.42. The van der Waals surface area contributed by atoms with E-state index in [4.69, 9.17) is 0 Å². The Balaban J connectivity index is 1.96. The average molecular weight is 289 g/mol. The van der Waals surface area contributed by atoms with E-state index in [9.17, 15) is 0 Å². The fourth-order valence-corrected chi connectivity index (χ4v) is 2.84. The quantitative estimate of drug-likeness (QED) is 0.808. The molecule has 20 heavy (non-hydrogen) atoms. The van der Waals surface area contributed by atoms with Gasteiger partial charge in [-0.05, 0) is 37.3 Å². The minimum atomic E-state index is 0.257. The van der Waals surface area contributed by atoms with Crippen molar-refractivity contribution in [1.82, 2.24) is 10.2 Å². The maximum atomic E-state index is 4.17. The van der Waals surface area contributed by atoms with E-state index < -0.39 is 0 Å². The molecule has 108 valence electrons. The SMILES string of the molecule is CCCCc1ccc(C(C)Nc2nnc(CC)s2)cc1. The molecule has 0 saturated carbocycles. The molecule has 1 N–H and O–H groups in total. The zero-order valence-corrected chi connectivity index (χ0v) is 13.3. The van der Waals surface area contributed by atoms with E-state index >= 15 is 0 Å². The number of nitrogens with one attached hydrogen (secondary N) is 1. The highest BCUT2D eigenvalue weighted by molar-refractivity contribution is 7.15. The van der Waals surface area contributed by atoms with Crippen molar-refractivity contribution in [2.75, 3.05) is 5.32 Å². The summed E-state index contributed by atoms with van der Waals surface area (Å²) in [5.41, 5.74) is 2.71. The Kier molecular flexibility index (Phi) is 5.53. The molecule has 3 nitrogen and oxygen atoms in total. The lowest BCUT2D eigenvalue weighted by Crippen LogP contribution is -2.06. The number of hydrogen-bond donors (Lipinski definition) is 1. The average Bonchev–Trinajstić information content (AvgIpc) is 2.93. The van der Waals surface area contributed by atoms with Crippen LogP contribution in [-0.2, 0) is 12.8 Å². The number of unbranched alkanes of at least 4 members (excludes halogenated alkanes) is 1. The van der Waals surface area contributed by atoms with Gasteiger partial charge in [-0.1, -0.05) is 55.9 Å². The number of nitrogens with zero attached hydrogens (tertiary/aromatic N) is 2. The summed E-state index contributed by atoms with van der Waals surface area (Å²) in [6.45, 7) is 6.49. The van der Waals surface area contributed by atoms with Gasteiger partial charge < -0.3 is 5.32 Å². The first-order valence-electron chi connectivity index (χ1n) is 7.40. The number of hydrogen-bond acceptors (Lipinski definition) is 4. The first kappa shape index (κ1) is 15.0. The first-order valence-corrected chi connectivity index (χ1v) is 8.22. The van der Waals surface area contributed by atoms with Crippen molar-refractivity contribution in [3.8, 4) is 0 Å². The van der Waals surface area contributed by atoms with Crippen molar-refractivity contribution in [2.24, 2.45) is 0 Å². The van der Waals surface area contributed by atoms with Crippen molar-refractivity contribution in [3.05, 3.63) is 40.4 Å². The molecule has 0 radical (unpaired) electrons. The van der Waals surface area contributed by atoms with E-state index in [-0.39, 0.29) is 6.04 Å². The Morgan fingerprint density at radius 3 is 2.50 bits per heavy atom. The second-order valence-electron chi connectivity index (χ2n) is 5.07. The lowest BCUT2D eigenvalue weighted by Gasteiger charge is -2.13. The van der Waals surface area contributed by atoms with E-state index in [1.54, 1.807) is 11.3 Å². The summed E-state index contributed by atoms with van der Waals surface area (Å²) in [5.74, 6) is 0. The van der Waals surface area contributed by atoms with Crippen molar-refractivity contribution >= 4 is 16.5 Å². The molecule has 2 rings (SSSR count). The molecule has 0 saturated heterocycles. The van der Waals surface area contributed by atoms with Crippen LogP contribution in [0.5, 0.6) is 0 Å². The van der Waals surface area contributed by atoms with E-state index in [0.717, 1.165) is 16.6 Å². The summed E-state index contributed by atoms with van der Waals surface area (Å²) in [6.07, 6.45) is 4.63. The van der Waals surface area contributed by atoms with E-state index in [0.29, 0.717) is 0 Å². The van der Waals surface area contributed by atoms with E-state index in [2.05, 4.69) is 60.6 Å². The monoisotopic (exact) mass is 289 g/mol. The molecule has 2 aromatic rings. The number of aryl methyl sites for hydroxylation is 2. The normalized spacial score (nSPS) is 12.3.